The molecule has 26 heteroatoms. The highest BCUT2D eigenvalue weighted by Gasteiger charge is 2.59. The first kappa shape index (κ1) is 53.9. The second-order valence-corrected chi connectivity index (χ2v) is 19.5. The average molecular weight is 913 g/mol. The summed E-state index contributed by atoms with van der Waals surface area (Å²) >= 11 is 0.933. The van der Waals surface area contributed by atoms with E-state index in [1.165, 1.54) is 44.9 Å². The Labute approximate surface area is 331 Å². The Balaban J connectivity index is 2.94. The summed E-state index contributed by atoms with van der Waals surface area (Å²) in [6, 6.07) is 0. The number of aliphatic hydroxyl groups is 2. The van der Waals surface area contributed by atoms with Crippen molar-refractivity contribution in [2.45, 2.75) is 166 Å². The number of phosphoric acid groups is 4. The predicted molar refractivity (Wildman–Crippen MR) is 201 cm³/mol. The molecular weight excluding hydrogens is 852 g/mol. The summed E-state index contributed by atoms with van der Waals surface area (Å²) in [5, 5.41) is 21.5. The van der Waals surface area contributed by atoms with Crippen molar-refractivity contribution in [1.29, 1.82) is 0 Å². The van der Waals surface area contributed by atoms with E-state index in [1.54, 1.807) is 6.92 Å². The van der Waals surface area contributed by atoms with Crippen LogP contribution in [0.2, 0.25) is 0 Å². The smallest absolute Gasteiger partial charge is 0.460 e. The summed E-state index contributed by atoms with van der Waals surface area (Å²) in [4.78, 5) is 91.3. The van der Waals surface area contributed by atoms with Gasteiger partial charge in [-0.25, -0.2) is 18.3 Å². The SMILES string of the molecule is CCCCCCCCCCCCCCCC(=O)O[C@H](CCSC(=O)CCC)COP(=O)(O)OC1C(O)[C@H](OP(=O)(O)O)C(OP(=O)(O)O)[C@@H](OP(=O)(O)O)C1O. The molecule has 0 aliphatic heterocycles. The van der Waals surface area contributed by atoms with Gasteiger partial charge in [0.25, 0.3) is 0 Å². The fraction of sp³-hybridized carbons (Fsp3) is 0.933. The molecule has 332 valence electrons. The largest absolute Gasteiger partial charge is 0.472 e. The van der Waals surface area contributed by atoms with Gasteiger partial charge in [-0.3, -0.25) is 32.2 Å². The molecule has 1 aliphatic carbocycles. The fourth-order valence-electron chi connectivity index (χ4n) is 5.77. The van der Waals surface area contributed by atoms with Crippen molar-refractivity contribution in [2.24, 2.45) is 0 Å². The van der Waals surface area contributed by atoms with Crippen LogP contribution in [0.5, 0.6) is 0 Å². The molecule has 1 saturated carbocycles. The molecule has 0 radical (unpaired) electrons. The fourth-order valence-corrected chi connectivity index (χ4v) is 9.38. The number of unbranched alkanes of at least 4 members (excludes halogenated alkanes) is 12. The summed E-state index contributed by atoms with van der Waals surface area (Å²) in [6.07, 6.45) is -2.42. The van der Waals surface area contributed by atoms with Gasteiger partial charge in [-0.2, -0.15) is 0 Å². The van der Waals surface area contributed by atoms with Crippen molar-refractivity contribution in [1.82, 2.24) is 0 Å². The number of ether oxygens (including phenoxy) is 1. The van der Waals surface area contributed by atoms with Crippen LogP contribution in [0.4, 0.5) is 0 Å². The maximum atomic E-state index is 13.1. The van der Waals surface area contributed by atoms with Gasteiger partial charge < -0.3 is 49.2 Å². The van der Waals surface area contributed by atoms with Crippen LogP contribution in [-0.4, -0.2) is 111 Å². The van der Waals surface area contributed by atoms with Gasteiger partial charge >= 0.3 is 37.3 Å². The molecule has 0 spiro atoms. The summed E-state index contributed by atoms with van der Waals surface area (Å²) in [6.45, 7) is 3.14. The van der Waals surface area contributed by atoms with Crippen molar-refractivity contribution in [3.8, 4) is 0 Å². The summed E-state index contributed by atoms with van der Waals surface area (Å²) in [7, 11) is -22.8. The lowest BCUT2D eigenvalue weighted by atomic mass is 9.85. The molecule has 0 saturated heterocycles. The van der Waals surface area contributed by atoms with E-state index in [4.69, 9.17) is 13.8 Å². The second kappa shape index (κ2) is 26.9. The minimum Gasteiger partial charge on any atom is -0.460 e. The van der Waals surface area contributed by atoms with E-state index >= 15 is 0 Å². The van der Waals surface area contributed by atoms with Gasteiger partial charge in [0, 0.05) is 18.6 Å². The number of phosphoric ester groups is 4. The third-order valence-corrected chi connectivity index (χ3v) is 11.9. The molecule has 21 nitrogen and oxygen atoms in total. The monoisotopic (exact) mass is 912 g/mol. The zero-order chi connectivity index (χ0) is 42.6. The van der Waals surface area contributed by atoms with Crippen molar-refractivity contribution in [3.05, 3.63) is 0 Å². The first-order valence-electron chi connectivity index (χ1n) is 18.6. The van der Waals surface area contributed by atoms with Gasteiger partial charge in [0.2, 0.25) is 0 Å². The molecule has 0 heterocycles. The van der Waals surface area contributed by atoms with Crippen molar-refractivity contribution in [3.63, 3.8) is 0 Å². The van der Waals surface area contributed by atoms with E-state index in [0.29, 0.717) is 12.8 Å². The highest BCUT2D eigenvalue weighted by atomic mass is 32.2. The molecule has 1 rings (SSSR count). The van der Waals surface area contributed by atoms with E-state index in [2.05, 4.69) is 20.5 Å². The zero-order valence-corrected chi connectivity index (χ0v) is 36.0. The molecule has 0 aromatic carbocycles. The standard InChI is InChI=1S/C30H60O21P4S/c1-3-5-6-7-8-9-10-11-12-13-14-15-16-18-23(31)47-22(19-20-56-24(32)17-4-2)21-46-55(44,45)51-27-25(33)28(48-52(35,36)37)30(50-54(41,42)43)29(26(27)34)49-53(38,39)40/h22,25-30,33-34H,3-21H2,1-2H3,(H,44,45)(H2,35,36,37)(H2,38,39,40)(H2,41,42,43)/t22-,25?,26?,27?,28+,29+,30?/m1/s1. The lowest BCUT2D eigenvalue weighted by Gasteiger charge is -2.45. The van der Waals surface area contributed by atoms with Crippen LogP contribution >= 0.6 is 43.1 Å². The number of esters is 1. The van der Waals surface area contributed by atoms with E-state index in [9.17, 15) is 72.3 Å². The molecule has 0 bridgehead atoms. The number of hydrogen-bond donors (Lipinski definition) is 9. The first-order chi connectivity index (χ1) is 26.0. The molecule has 0 amide bonds. The molecule has 6 atom stereocenters. The highest BCUT2D eigenvalue weighted by molar-refractivity contribution is 8.13. The normalized spacial score (nSPS) is 23.8. The Bertz CT molecular complexity index is 1300. The van der Waals surface area contributed by atoms with Crippen molar-refractivity contribution < 1.29 is 99.7 Å². The van der Waals surface area contributed by atoms with Gasteiger partial charge in [-0.05, 0) is 19.3 Å². The van der Waals surface area contributed by atoms with Gasteiger partial charge in [-0.15, -0.1) is 0 Å². The molecular formula is C30H60O21P4S. The topological polar surface area (TPSA) is 340 Å². The molecule has 0 aromatic rings. The molecule has 1 fully saturated rings. The summed E-state index contributed by atoms with van der Waals surface area (Å²) in [5.74, 6) is -0.552. The quantitative estimate of drug-likeness (QED) is 0.0262. The molecule has 0 aromatic heterocycles. The Morgan fingerprint density at radius 3 is 1.43 bits per heavy atom. The molecule has 3 unspecified atom stereocenters. The summed E-state index contributed by atoms with van der Waals surface area (Å²) < 4.78 is 76.2. The van der Waals surface area contributed by atoms with Gasteiger partial charge in [-0.1, -0.05) is 103 Å². The Kier molecular flexibility index (Phi) is 25.9. The van der Waals surface area contributed by atoms with E-state index in [0.717, 1.165) is 43.9 Å². The Morgan fingerprint density at radius 1 is 0.571 bits per heavy atom. The average Bonchev–Trinajstić information content (AvgIpc) is 3.06. The van der Waals surface area contributed by atoms with Gasteiger partial charge in [0.05, 0.1) is 6.61 Å². The van der Waals surface area contributed by atoms with Crippen molar-refractivity contribution >= 4 is 54.1 Å². The maximum absolute atomic E-state index is 13.1. The van der Waals surface area contributed by atoms with Gasteiger partial charge in [0.1, 0.15) is 42.7 Å². The Morgan fingerprint density at radius 2 is 1.00 bits per heavy atom. The minimum atomic E-state index is -5.75. The maximum Gasteiger partial charge on any atom is 0.472 e. The van der Waals surface area contributed by atoms with E-state index in [-0.39, 0.29) is 30.1 Å². The van der Waals surface area contributed by atoms with Gasteiger partial charge in [0.15, 0.2) is 5.12 Å². The molecule has 56 heavy (non-hydrogen) atoms. The minimum absolute atomic E-state index is 0.0175. The number of carbonyl (C=O) groups excluding carboxylic acids is 2. The molecule has 1 aliphatic rings. The van der Waals surface area contributed by atoms with Crippen LogP contribution in [0, 0.1) is 0 Å². The van der Waals surface area contributed by atoms with E-state index < -0.39 is 86.6 Å². The summed E-state index contributed by atoms with van der Waals surface area (Å²) in [5.41, 5.74) is 0. The second-order valence-electron chi connectivity index (χ2n) is 13.4. The Hall–Kier alpha value is -0.150. The molecule has 9 N–H and O–H groups in total. The number of thioether (sulfide) groups is 1. The van der Waals surface area contributed by atoms with E-state index in [1.807, 2.05) is 0 Å². The predicted octanol–water partition coefficient (Wildman–Crippen LogP) is 4.50. The highest BCUT2D eigenvalue weighted by Crippen LogP contribution is 2.53. The van der Waals surface area contributed by atoms with Crippen molar-refractivity contribution in [2.75, 3.05) is 12.4 Å². The number of rotatable bonds is 31. The third kappa shape index (κ3) is 24.8. The zero-order valence-electron chi connectivity index (χ0n) is 31.6. The van der Waals surface area contributed by atoms with Crippen LogP contribution in [-0.2, 0) is 55.2 Å². The number of carbonyl (C=O) groups is 2. The third-order valence-electron chi connectivity index (χ3n) is 8.39. The number of aliphatic hydroxyl groups excluding tert-OH is 2. The first-order valence-corrected chi connectivity index (χ1v) is 25.6. The lowest BCUT2D eigenvalue weighted by Crippen LogP contribution is -2.65. The lowest BCUT2D eigenvalue weighted by molar-refractivity contribution is -0.209. The van der Waals surface area contributed by atoms with Crippen LogP contribution in [0.25, 0.3) is 0 Å². The number of hydrogen-bond acceptors (Lipinski definition) is 15. The van der Waals surface area contributed by atoms with Crippen LogP contribution in [0.1, 0.15) is 123 Å². The van der Waals surface area contributed by atoms with Crippen LogP contribution < -0.4 is 0 Å². The van der Waals surface area contributed by atoms with Crippen LogP contribution in [0.15, 0.2) is 0 Å². The van der Waals surface area contributed by atoms with Crippen LogP contribution in [0.3, 0.4) is 0 Å².